The van der Waals surface area contributed by atoms with E-state index in [1.807, 2.05) is 36.4 Å². The minimum atomic E-state index is -0.597. The number of carbonyl (C=O) groups excluding carboxylic acids is 1. The number of hydrogen-bond donors (Lipinski definition) is 1. The molecule has 1 unspecified atom stereocenters. The number of pyridine rings is 1. The minimum Gasteiger partial charge on any atom is -0.449 e. The van der Waals surface area contributed by atoms with E-state index in [0.29, 0.717) is 28.6 Å². The Morgan fingerprint density at radius 1 is 1.14 bits per heavy atom. The number of aromatic nitrogens is 1. The van der Waals surface area contributed by atoms with Crippen LogP contribution >= 0.6 is 23.2 Å². The van der Waals surface area contributed by atoms with Gasteiger partial charge in [-0.15, -0.1) is 0 Å². The van der Waals surface area contributed by atoms with Crippen molar-refractivity contribution in [2.45, 2.75) is 38.0 Å². The van der Waals surface area contributed by atoms with E-state index in [-0.39, 0.29) is 11.7 Å². The summed E-state index contributed by atoms with van der Waals surface area (Å²) in [4.78, 5) is 19.4. The van der Waals surface area contributed by atoms with Crippen LogP contribution in [0.2, 0.25) is 10.0 Å². The molecule has 190 valence electrons. The first-order valence-corrected chi connectivity index (χ1v) is 13.4. The normalized spacial score (nSPS) is 16.8. The summed E-state index contributed by atoms with van der Waals surface area (Å²) in [5.41, 5.74) is 5.14. The Kier molecular flexibility index (Phi) is 7.95. The summed E-state index contributed by atoms with van der Waals surface area (Å²) in [6.07, 6.45) is 6.33. The van der Waals surface area contributed by atoms with Gasteiger partial charge in [0.2, 0.25) is 0 Å². The number of amides is 1. The zero-order valence-electron chi connectivity index (χ0n) is 20.5. The van der Waals surface area contributed by atoms with Gasteiger partial charge >= 0.3 is 6.09 Å². The summed E-state index contributed by atoms with van der Waals surface area (Å²) in [7, 11) is 0. The lowest BCUT2D eigenvalue weighted by atomic mass is 9.75. The van der Waals surface area contributed by atoms with Crippen molar-refractivity contribution in [2.24, 2.45) is 0 Å². The Hall–Kier alpha value is -3.11. The molecule has 3 aromatic rings. The molecule has 0 radical (unpaired) electrons. The molecule has 2 heterocycles. The standard InChI is InChI=1S/C29H28Cl2N4O2/c30-25-10-9-19(16-26(25)31)23-15-20-18-33-28(24(17-32)27(20)22-8-3-2-7-21(22)23)34-29(36)37-14-6-13-35-11-4-1-5-12-35/h2-3,7-10,16,18,23H,1,4-6,11-15H2,(H,33,34,36). The Morgan fingerprint density at radius 2 is 1.95 bits per heavy atom. The quantitative estimate of drug-likeness (QED) is 0.343. The number of nitriles is 1. The van der Waals surface area contributed by atoms with Gasteiger partial charge in [-0.25, -0.2) is 9.78 Å². The molecule has 8 heteroatoms. The number of ether oxygens (including phenoxy) is 1. The fraction of sp³-hybridized carbons (Fsp3) is 0.345. The topological polar surface area (TPSA) is 78.2 Å². The van der Waals surface area contributed by atoms with Crippen LogP contribution < -0.4 is 5.32 Å². The summed E-state index contributed by atoms with van der Waals surface area (Å²) >= 11 is 12.5. The van der Waals surface area contributed by atoms with Crippen LogP contribution in [0.25, 0.3) is 11.1 Å². The van der Waals surface area contributed by atoms with Crippen LogP contribution in [-0.2, 0) is 11.2 Å². The number of benzene rings is 2. The van der Waals surface area contributed by atoms with Gasteiger partial charge in [0, 0.05) is 24.2 Å². The lowest BCUT2D eigenvalue weighted by Crippen LogP contribution is -2.31. The van der Waals surface area contributed by atoms with E-state index in [1.165, 1.54) is 19.3 Å². The van der Waals surface area contributed by atoms with E-state index in [4.69, 9.17) is 27.9 Å². The van der Waals surface area contributed by atoms with Crippen molar-refractivity contribution in [3.8, 4) is 17.2 Å². The number of fused-ring (bicyclic) bond motifs is 3. The number of hydrogen-bond acceptors (Lipinski definition) is 5. The third-order valence-corrected chi connectivity index (χ3v) is 7.90. The summed E-state index contributed by atoms with van der Waals surface area (Å²) in [5, 5.41) is 13.8. The minimum absolute atomic E-state index is 0.0375. The van der Waals surface area contributed by atoms with E-state index in [9.17, 15) is 10.1 Å². The summed E-state index contributed by atoms with van der Waals surface area (Å²) in [6.45, 7) is 3.47. The molecule has 1 fully saturated rings. The van der Waals surface area contributed by atoms with Crippen LogP contribution in [-0.4, -0.2) is 42.2 Å². The molecule has 1 amide bonds. The maximum Gasteiger partial charge on any atom is 0.412 e. The van der Waals surface area contributed by atoms with Crippen molar-refractivity contribution in [2.75, 3.05) is 31.6 Å². The monoisotopic (exact) mass is 534 g/mol. The van der Waals surface area contributed by atoms with Gasteiger partial charge < -0.3 is 9.64 Å². The van der Waals surface area contributed by atoms with E-state index < -0.39 is 6.09 Å². The van der Waals surface area contributed by atoms with Crippen LogP contribution in [0, 0.1) is 11.3 Å². The highest BCUT2D eigenvalue weighted by atomic mass is 35.5. The molecule has 1 aliphatic heterocycles. The number of piperidine rings is 1. The molecular formula is C29H28Cl2N4O2. The molecule has 2 aromatic carbocycles. The molecule has 1 saturated heterocycles. The largest absolute Gasteiger partial charge is 0.449 e. The highest BCUT2D eigenvalue weighted by Crippen LogP contribution is 2.45. The number of halogens is 2. The number of likely N-dealkylation sites (tertiary alicyclic amines) is 1. The second-order valence-corrected chi connectivity index (χ2v) is 10.3. The van der Waals surface area contributed by atoms with Gasteiger partial charge in [-0.2, -0.15) is 5.26 Å². The van der Waals surface area contributed by atoms with E-state index in [2.05, 4.69) is 27.3 Å². The van der Waals surface area contributed by atoms with E-state index in [1.54, 1.807) is 6.20 Å². The average Bonchev–Trinajstić information content (AvgIpc) is 2.92. The second kappa shape index (κ2) is 11.5. The molecule has 1 aliphatic carbocycles. The maximum atomic E-state index is 12.5. The third-order valence-electron chi connectivity index (χ3n) is 7.17. The Labute approximate surface area is 227 Å². The van der Waals surface area contributed by atoms with Crippen LogP contribution in [0.4, 0.5) is 10.6 Å². The fourth-order valence-corrected chi connectivity index (χ4v) is 5.68. The van der Waals surface area contributed by atoms with Gasteiger partial charge in [0.15, 0.2) is 5.82 Å². The first-order chi connectivity index (χ1) is 18.0. The first-order valence-electron chi connectivity index (χ1n) is 12.7. The van der Waals surface area contributed by atoms with Gasteiger partial charge in [-0.05, 0) is 73.2 Å². The smallest absolute Gasteiger partial charge is 0.412 e. The van der Waals surface area contributed by atoms with E-state index >= 15 is 0 Å². The first kappa shape index (κ1) is 25.5. The molecule has 0 saturated carbocycles. The average molecular weight is 535 g/mol. The SMILES string of the molecule is N#Cc1c(NC(=O)OCCCN2CCCCC2)ncc2c1-c1ccccc1C(c1ccc(Cl)c(Cl)c1)C2. The fourth-order valence-electron chi connectivity index (χ4n) is 5.37. The summed E-state index contributed by atoms with van der Waals surface area (Å²) in [6, 6.07) is 16.0. The Bertz CT molecular complexity index is 1350. The number of nitrogens with zero attached hydrogens (tertiary/aromatic N) is 3. The number of anilines is 1. The molecule has 1 atom stereocenters. The number of carbonyl (C=O) groups is 1. The van der Waals surface area contributed by atoms with Gasteiger partial charge in [-0.3, -0.25) is 5.32 Å². The highest BCUT2D eigenvalue weighted by Gasteiger charge is 2.30. The van der Waals surface area contributed by atoms with Gasteiger partial charge in [0.1, 0.15) is 11.6 Å². The van der Waals surface area contributed by atoms with Crippen molar-refractivity contribution in [3.05, 3.63) is 81.0 Å². The Balaban J connectivity index is 1.34. The van der Waals surface area contributed by atoms with Crippen molar-refractivity contribution in [1.82, 2.24) is 9.88 Å². The van der Waals surface area contributed by atoms with Crippen molar-refractivity contribution in [3.63, 3.8) is 0 Å². The van der Waals surface area contributed by atoms with Crippen molar-refractivity contribution >= 4 is 35.1 Å². The highest BCUT2D eigenvalue weighted by molar-refractivity contribution is 6.42. The van der Waals surface area contributed by atoms with Gasteiger partial charge in [0.05, 0.1) is 16.7 Å². The second-order valence-electron chi connectivity index (χ2n) is 9.53. The molecule has 37 heavy (non-hydrogen) atoms. The predicted octanol–water partition coefficient (Wildman–Crippen LogP) is 7.04. The maximum absolute atomic E-state index is 12.5. The third kappa shape index (κ3) is 5.60. The molecular weight excluding hydrogens is 507 g/mol. The molecule has 6 nitrogen and oxygen atoms in total. The molecule has 1 aromatic heterocycles. The molecule has 2 aliphatic rings. The van der Waals surface area contributed by atoms with Crippen molar-refractivity contribution in [1.29, 1.82) is 5.26 Å². The van der Waals surface area contributed by atoms with Gasteiger partial charge in [-0.1, -0.05) is 60.0 Å². The molecule has 5 rings (SSSR count). The summed E-state index contributed by atoms with van der Waals surface area (Å²) in [5.74, 6) is 0.251. The van der Waals surface area contributed by atoms with E-state index in [0.717, 1.165) is 53.9 Å². The lowest BCUT2D eigenvalue weighted by Gasteiger charge is -2.29. The van der Waals surface area contributed by atoms with Crippen LogP contribution in [0.15, 0.2) is 48.7 Å². The lowest BCUT2D eigenvalue weighted by molar-refractivity contribution is 0.148. The molecule has 0 spiro atoms. The molecule has 0 bridgehead atoms. The zero-order chi connectivity index (χ0) is 25.8. The summed E-state index contributed by atoms with van der Waals surface area (Å²) < 4.78 is 5.40. The van der Waals surface area contributed by atoms with Crippen LogP contribution in [0.5, 0.6) is 0 Å². The number of rotatable bonds is 6. The zero-order valence-corrected chi connectivity index (χ0v) is 22.0. The van der Waals surface area contributed by atoms with Crippen LogP contribution in [0.3, 0.4) is 0 Å². The predicted molar refractivity (Wildman–Crippen MR) is 146 cm³/mol. The van der Waals surface area contributed by atoms with Gasteiger partial charge in [0.25, 0.3) is 0 Å². The number of nitrogens with one attached hydrogen (secondary N) is 1. The molecule has 1 N–H and O–H groups in total. The van der Waals surface area contributed by atoms with Crippen LogP contribution in [0.1, 0.15) is 53.9 Å². The van der Waals surface area contributed by atoms with Crippen molar-refractivity contribution < 1.29 is 9.53 Å². The Morgan fingerprint density at radius 3 is 2.73 bits per heavy atom.